The molecule has 0 radical (unpaired) electrons. The van der Waals surface area contributed by atoms with Gasteiger partial charge in [0.15, 0.2) is 5.16 Å². The van der Waals surface area contributed by atoms with Crippen molar-refractivity contribution in [3.8, 4) is 0 Å². The van der Waals surface area contributed by atoms with Gasteiger partial charge in [0.2, 0.25) is 5.91 Å². The second-order valence-electron chi connectivity index (χ2n) is 6.64. The number of hydrogen-bond acceptors (Lipinski definition) is 5. The Labute approximate surface area is 163 Å². The number of thioether (sulfide) groups is 1. The van der Waals surface area contributed by atoms with E-state index in [0.717, 1.165) is 23.9 Å². The molecule has 0 fully saturated rings. The van der Waals surface area contributed by atoms with Gasteiger partial charge in [-0.1, -0.05) is 55.9 Å². The van der Waals surface area contributed by atoms with Gasteiger partial charge >= 0.3 is 0 Å². The van der Waals surface area contributed by atoms with E-state index in [1.165, 1.54) is 17.3 Å². The van der Waals surface area contributed by atoms with E-state index >= 15 is 0 Å². The normalized spacial score (nSPS) is 10.9. The van der Waals surface area contributed by atoms with Crippen molar-refractivity contribution < 1.29 is 4.79 Å². The number of amides is 1. The third-order valence-corrected chi connectivity index (χ3v) is 4.79. The minimum absolute atomic E-state index is 0.0864. The van der Waals surface area contributed by atoms with E-state index in [4.69, 9.17) is 0 Å². The maximum absolute atomic E-state index is 12.2. The van der Waals surface area contributed by atoms with E-state index in [1.54, 1.807) is 18.5 Å². The summed E-state index contributed by atoms with van der Waals surface area (Å²) < 4.78 is 2.12. The first kappa shape index (κ1) is 19.1. The molecule has 2 heterocycles. The fourth-order valence-electron chi connectivity index (χ4n) is 2.65. The molecule has 6 nitrogen and oxygen atoms in total. The zero-order valence-electron chi connectivity index (χ0n) is 15.5. The molecule has 0 saturated heterocycles. The van der Waals surface area contributed by atoms with Gasteiger partial charge in [-0.05, 0) is 23.6 Å². The number of nitrogens with zero attached hydrogens (tertiary/aromatic N) is 4. The van der Waals surface area contributed by atoms with Crippen molar-refractivity contribution in [2.45, 2.75) is 32.0 Å². The van der Waals surface area contributed by atoms with Crippen molar-refractivity contribution >= 4 is 23.4 Å². The molecule has 3 aromatic rings. The molecule has 1 aromatic carbocycles. The van der Waals surface area contributed by atoms with E-state index in [-0.39, 0.29) is 11.7 Å². The Morgan fingerprint density at radius 3 is 2.67 bits per heavy atom. The number of benzene rings is 1. The lowest BCUT2D eigenvalue weighted by Gasteiger charge is -2.12. The Hall–Kier alpha value is -2.67. The van der Waals surface area contributed by atoms with Crippen LogP contribution in [-0.4, -0.2) is 31.4 Å². The number of carbonyl (C=O) groups excluding carboxylic acids is 1. The third-order valence-electron chi connectivity index (χ3n) is 3.82. The Bertz CT molecular complexity index is 865. The predicted octanol–water partition coefficient (Wildman–Crippen LogP) is 3.65. The average molecular weight is 382 g/mol. The highest BCUT2D eigenvalue weighted by molar-refractivity contribution is 7.99. The molecular formula is C20H23N5OS. The SMILES string of the molecule is CC(C)Cn1c(Cc2ccccc2)nnc1SCC(=O)Nc1cccnc1. The topological polar surface area (TPSA) is 72.7 Å². The fourth-order valence-corrected chi connectivity index (χ4v) is 3.41. The van der Waals surface area contributed by atoms with Gasteiger partial charge in [-0.3, -0.25) is 9.78 Å². The summed E-state index contributed by atoms with van der Waals surface area (Å²) in [6.45, 7) is 5.15. The summed E-state index contributed by atoms with van der Waals surface area (Å²) in [6.07, 6.45) is 4.03. The fraction of sp³-hybridized carbons (Fsp3) is 0.300. The average Bonchev–Trinajstić information content (AvgIpc) is 3.02. The summed E-state index contributed by atoms with van der Waals surface area (Å²) in [7, 11) is 0. The van der Waals surface area contributed by atoms with Crippen LogP contribution in [0.25, 0.3) is 0 Å². The van der Waals surface area contributed by atoms with Gasteiger partial charge in [0.25, 0.3) is 0 Å². The van der Waals surface area contributed by atoms with Crippen molar-refractivity contribution in [1.29, 1.82) is 0 Å². The second kappa shape index (κ2) is 9.32. The van der Waals surface area contributed by atoms with Crippen molar-refractivity contribution in [3.05, 3.63) is 66.2 Å². The quantitative estimate of drug-likeness (QED) is 0.603. The number of anilines is 1. The van der Waals surface area contributed by atoms with Gasteiger partial charge in [-0.25, -0.2) is 0 Å². The molecule has 27 heavy (non-hydrogen) atoms. The lowest BCUT2D eigenvalue weighted by molar-refractivity contribution is -0.113. The highest BCUT2D eigenvalue weighted by Crippen LogP contribution is 2.20. The Kier molecular flexibility index (Phi) is 6.59. The number of aromatic nitrogens is 4. The molecule has 140 valence electrons. The molecule has 0 bridgehead atoms. The molecule has 0 atom stereocenters. The molecule has 0 unspecified atom stereocenters. The molecule has 3 rings (SSSR count). The van der Waals surface area contributed by atoms with Crippen LogP contribution >= 0.6 is 11.8 Å². The highest BCUT2D eigenvalue weighted by atomic mass is 32.2. The number of carbonyl (C=O) groups is 1. The van der Waals surface area contributed by atoms with Gasteiger partial charge in [-0.2, -0.15) is 0 Å². The zero-order valence-corrected chi connectivity index (χ0v) is 16.3. The summed E-state index contributed by atoms with van der Waals surface area (Å²) >= 11 is 1.40. The van der Waals surface area contributed by atoms with E-state index in [0.29, 0.717) is 11.6 Å². The molecule has 1 amide bonds. The van der Waals surface area contributed by atoms with Crippen LogP contribution < -0.4 is 5.32 Å². The van der Waals surface area contributed by atoms with Crippen molar-refractivity contribution in [2.75, 3.05) is 11.1 Å². The first-order valence-corrected chi connectivity index (χ1v) is 9.89. The van der Waals surface area contributed by atoms with E-state index < -0.39 is 0 Å². The van der Waals surface area contributed by atoms with E-state index in [2.05, 4.69) is 51.0 Å². The van der Waals surface area contributed by atoms with Crippen LogP contribution in [0.5, 0.6) is 0 Å². The molecule has 0 saturated carbocycles. The van der Waals surface area contributed by atoms with Crippen molar-refractivity contribution in [1.82, 2.24) is 19.7 Å². The van der Waals surface area contributed by atoms with E-state index in [1.807, 2.05) is 24.3 Å². The Morgan fingerprint density at radius 2 is 1.96 bits per heavy atom. The molecular weight excluding hydrogens is 358 g/mol. The van der Waals surface area contributed by atoms with Crippen LogP contribution in [0, 0.1) is 5.92 Å². The minimum Gasteiger partial charge on any atom is -0.324 e. The van der Waals surface area contributed by atoms with Crippen LogP contribution in [0.15, 0.2) is 60.0 Å². The third kappa shape index (κ3) is 5.65. The largest absolute Gasteiger partial charge is 0.324 e. The smallest absolute Gasteiger partial charge is 0.234 e. The van der Waals surface area contributed by atoms with Gasteiger partial charge in [0.05, 0.1) is 17.6 Å². The monoisotopic (exact) mass is 381 g/mol. The standard InChI is InChI=1S/C20H23N5OS/c1-15(2)13-25-18(11-16-7-4-3-5-8-16)23-24-20(25)27-14-19(26)22-17-9-6-10-21-12-17/h3-10,12,15H,11,13-14H2,1-2H3,(H,22,26). The number of nitrogens with one attached hydrogen (secondary N) is 1. The van der Waals surface area contributed by atoms with Crippen LogP contribution in [-0.2, 0) is 17.8 Å². The molecule has 0 aliphatic carbocycles. The maximum atomic E-state index is 12.2. The number of hydrogen-bond donors (Lipinski definition) is 1. The number of rotatable bonds is 8. The van der Waals surface area contributed by atoms with Gasteiger partial charge < -0.3 is 9.88 Å². The molecule has 7 heteroatoms. The predicted molar refractivity (Wildman–Crippen MR) is 108 cm³/mol. The minimum atomic E-state index is -0.0864. The van der Waals surface area contributed by atoms with Gasteiger partial charge in [0.1, 0.15) is 5.82 Å². The van der Waals surface area contributed by atoms with Gasteiger partial charge in [0, 0.05) is 19.2 Å². The number of pyridine rings is 1. The maximum Gasteiger partial charge on any atom is 0.234 e. The van der Waals surface area contributed by atoms with Crippen LogP contribution in [0.3, 0.4) is 0 Å². The molecule has 0 aliphatic heterocycles. The van der Waals surface area contributed by atoms with E-state index in [9.17, 15) is 4.79 Å². The molecule has 0 aliphatic rings. The summed E-state index contributed by atoms with van der Waals surface area (Å²) in [4.78, 5) is 16.2. The Morgan fingerprint density at radius 1 is 1.15 bits per heavy atom. The van der Waals surface area contributed by atoms with Crippen LogP contribution in [0.1, 0.15) is 25.2 Å². The summed E-state index contributed by atoms with van der Waals surface area (Å²) in [5.74, 6) is 1.57. The Balaban J connectivity index is 1.68. The lowest BCUT2D eigenvalue weighted by atomic mass is 10.1. The van der Waals surface area contributed by atoms with Crippen LogP contribution in [0.2, 0.25) is 0 Å². The molecule has 0 spiro atoms. The first-order valence-electron chi connectivity index (χ1n) is 8.90. The molecule has 2 aromatic heterocycles. The lowest BCUT2D eigenvalue weighted by Crippen LogP contribution is -2.15. The second-order valence-corrected chi connectivity index (χ2v) is 7.59. The van der Waals surface area contributed by atoms with Crippen molar-refractivity contribution in [3.63, 3.8) is 0 Å². The first-order chi connectivity index (χ1) is 13.1. The summed E-state index contributed by atoms with van der Waals surface area (Å²) in [5.41, 5.74) is 1.89. The summed E-state index contributed by atoms with van der Waals surface area (Å²) in [6, 6.07) is 13.8. The van der Waals surface area contributed by atoms with Crippen LogP contribution in [0.4, 0.5) is 5.69 Å². The summed E-state index contributed by atoms with van der Waals surface area (Å²) in [5, 5.41) is 12.3. The zero-order chi connectivity index (χ0) is 19.1. The highest BCUT2D eigenvalue weighted by Gasteiger charge is 2.15. The van der Waals surface area contributed by atoms with Gasteiger partial charge in [-0.15, -0.1) is 10.2 Å². The molecule has 1 N–H and O–H groups in total. The van der Waals surface area contributed by atoms with Crippen molar-refractivity contribution in [2.24, 2.45) is 5.92 Å².